The molecule has 11 rings (SSSR count). The standard InChI is InChI=1S/C54H36NO2P/c56-58(41-21-8-3-9-22-41)52-35-39(44-25-12-10-23-42(44)37-17-4-1-5-18-37)31-33-48(52)55(50-29-16-28-47-46-27-14-15-30-51(46)57-54(47)50)49-34-32-40(36-53(49)58)45-26-13-11-24-43(45)38-19-6-2-7-20-38/h1-36H. The van der Waals surface area contributed by atoms with Gasteiger partial charge in [-0.15, -0.1) is 0 Å². The molecule has 0 saturated heterocycles. The molecule has 0 fully saturated rings. The highest BCUT2D eigenvalue weighted by molar-refractivity contribution is 7.86. The lowest BCUT2D eigenvalue weighted by Gasteiger charge is -2.38. The molecular weight excluding hydrogens is 726 g/mol. The largest absolute Gasteiger partial charge is 0.454 e. The topological polar surface area (TPSA) is 33.5 Å². The fraction of sp³-hybridized carbons (Fsp3) is 0. The summed E-state index contributed by atoms with van der Waals surface area (Å²) in [7, 11) is -3.53. The number of nitrogens with zero attached hydrogens (tertiary/aromatic N) is 1. The molecule has 1 aliphatic rings. The fourth-order valence-electron chi connectivity index (χ4n) is 8.82. The van der Waals surface area contributed by atoms with Crippen LogP contribution in [0.5, 0.6) is 0 Å². The zero-order valence-electron chi connectivity index (χ0n) is 31.5. The summed E-state index contributed by atoms with van der Waals surface area (Å²) in [5.74, 6) is 0. The van der Waals surface area contributed by atoms with Crippen molar-refractivity contribution in [2.24, 2.45) is 0 Å². The van der Waals surface area contributed by atoms with E-state index in [0.717, 1.165) is 99.4 Å². The number of rotatable bonds is 6. The van der Waals surface area contributed by atoms with Crippen LogP contribution in [0, 0.1) is 0 Å². The van der Waals surface area contributed by atoms with Gasteiger partial charge in [-0.3, -0.25) is 0 Å². The van der Waals surface area contributed by atoms with Crippen molar-refractivity contribution in [2.45, 2.75) is 0 Å². The first-order valence-corrected chi connectivity index (χ1v) is 21.3. The molecule has 4 heteroatoms. The minimum Gasteiger partial charge on any atom is -0.454 e. The van der Waals surface area contributed by atoms with Crippen LogP contribution in [0.3, 0.4) is 0 Å². The van der Waals surface area contributed by atoms with Crippen molar-refractivity contribution < 1.29 is 8.98 Å². The highest BCUT2D eigenvalue weighted by Crippen LogP contribution is 2.56. The summed E-state index contributed by atoms with van der Waals surface area (Å²) in [6, 6.07) is 75.6. The summed E-state index contributed by atoms with van der Waals surface area (Å²) in [4.78, 5) is 2.27. The number of hydrogen-bond acceptors (Lipinski definition) is 3. The molecule has 0 unspecified atom stereocenters. The highest BCUT2D eigenvalue weighted by Gasteiger charge is 2.42. The van der Waals surface area contributed by atoms with Crippen molar-refractivity contribution >= 4 is 62.1 Å². The molecule has 2 heterocycles. The van der Waals surface area contributed by atoms with E-state index in [1.165, 1.54) is 0 Å². The molecular formula is C54H36NO2P. The van der Waals surface area contributed by atoms with Crippen molar-refractivity contribution in [3.05, 3.63) is 218 Å². The van der Waals surface area contributed by atoms with Crippen molar-refractivity contribution in [3.63, 3.8) is 0 Å². The Balaban J connectivity index is 1.22. The predicted octanol–water partition coefficient (Wildman–Crippen LogP) is 13.7. The van der Waals surface area contributed by atoms with E-state index in [0.29, 0.717) is 0 Å². The van der Waals surface area contributed by atoms with Crippen molar-refractivity contribution in [1.29, 1.82) is 0 Å². The summed E-state index contributed by atoms with van der Waals surface area (Å²) in [5.41, 5.74) is 12.9. The van der Waals surface area contributed by atoms with E-state index >= 15 is 4.57 Å². The molecule has 0 radical (unpaired) electrons. The molecule has 0 atom stereocenters. The summed E-state index contributed by atoms with van der Waals surface area (Å²) in [5, 5.41) is 4.46. The lowest BCUT2D eigenvalue weighted by Crippen LogP contribution is -2.36. The maximum atomic E-state index is 16.9. The van der Waals surface area contributed by atoms with Gasteiger partial charge in [0.15, 0.2) is 12.7 Å². The van der Waals surface area contributed by atoms with Crippen LogP contribution in [0.1, 0.15) is 0 Å². The molecule has 0 saturated carbocycles. The van der Waals surface area contributed by atoms with E-state index in [2.05, 4.69) is 169 Å². The van der Waals surface area contributed by atoms with Crippen LogP contribution in [0.4, 0.5) is 17.1 Å². The van der Waals surface area contributed by atoms with E-state index in [-0.39, 0.29) is 0 Å². The van der Waals surface area contributed by atoms with Gasteiger partial charge in [0.25, 0.3) is 0 Å². The number of fused-ring (bicyclic) bond motifs is 5. The predicted molar refractivity (Wildman–Crippen MR) is 243 cm³/mol. The molecule has 58 heavy (non-hydrogen) atoms. The minimum absolute atomic E-state index is 0.785. The van der Waals surface area contributed by atoms with E-state index < -0.39 is 7.14 Å². The lowest BCUT2D eigenvalue weighted by molar-refractivity contribution is 0.592. The van der Waals surface area contributed by atoms with Gasteiger partial charge < -0.3 is 13.9 Å². The number of anilines is 3. The van der Waals surface area contributed by atoms with E-state index in [1.807, 2.05) is 54.6 Å². The van der Waals surface area contributed by atoms with E-state index in [4.69, 9.17) is 4.42 Å². The third kappa shape index (κ3) is 5.39. The number of benzene rings is 9. The van der Waals surface area contributed by atoms with Crippen LogP contribution in [-0.4, -0.2) is 0 Å². The molecule has 0 aliphatic carbocycles. The summed E-state index contributed by atoms with van der Waals surface area (Å²) in [6.45, 7) is 0. The van der Waals surface area contributed by atoms with Gasteiger partial charge in [-0.25, -0.2) is 0 Å². The van der Waals surface area contributed by atoms with Gasteiger partial charge in [-0.2, -0.15) is 0 Å². The van der Waals surface area contributed by atoms with Crippen LogP contribution in [0.2, 0.25) is 0 Å². The third-order valence-electron chi connectivity index (χ3n) is 11.5. The normalized spacial score (nSPS) is 13.0. The number of hydrogen-bond donors (Lipinski definition) is 0. The molecule has 3 nitrogen and oxygen atoms in total. The first-order chi connectivity index (χ1) is 28.7. The molecule has 1 aromatic heterocycles. The molecule has 0 amide bonds. The van der Waals surface area contributed by atoms with Crippen molar-refractivity contribution in [2.75, 3.05) is 4.90 Å². The number of furan rings is 1. The van der Waals surface area contributed by atoms with Gasteiger partial charge in [-0.05, 0) is 80.9 Å². The SMILES string of the molecule is O=P1(c2ccccc2)c2cc(-c3ccccc3-c3ccccc3)ccc2N(c2cccc3c2oc2ccccc23)c2ccc(-c3ccccc3-c3ccccc3)cc21. The Hall–Kier alpha value is -7.19. The summed E-state index contributed by atoms with van der Waals surface area (Å²) < 4.78 is 23.6. The Morgan fingerprint density at radius 2 is 0.810 bits per heavy atom. The maximum absolute atomic E-state index is 16.9. The summed E-state index contributed by atoms with van der Waals surface area (Å²) >= 11 is 0. The molecule has 10 aromatic rings. The zero-order chi connectivity index (χ0) is 38.6. The molecule has 1 aliphatic heterocycles. The van der Waals surface area contributed by atoms with Gasteiger partial charge in [-0.1, -0.05) is 182 Å². The first-order valence-electron chi connectivity index (χ1n) is 19.6. The van der Waals surface area contributed by atoms with Crippen LogP contribution in [0.25, 0.3) is 66.4 Å². The van der Waals surface area contributed by atoms with Gasteiger partial charge in [0.1, 0.15) is 5.58 Å². The van der Waals surface area contributed by atoms with Gasteiger partial charge >= 0.3 is 0 Å². The fourth-order valence-corrected chi connectivity index (χ4v) is 11.9. The Morgan fingerprint density at radius 1 is 0.362 bits per heavy atom. The second-order valence-electron chi connectivity index (χ2n) is 14.8. The highest BCUT2D eigenvalue weighted by atomic mass is 31.2. The van der Waals surface area contributed by atoms with Gasteiger partial charge in [0.05, 0.1) is 17.1 Å². The zero-order valence-corrected chi connectivity index (χ0v) is 32.4. The molecule has 0 bridgehead atoms. The Labute approximate surface area is 337 Å². The monoisotopic (exact) mass is 761 g/mol. The van der Waals surface area contributed by atoms with Gasteiger partial charge in [0.2, 0.25) is 0 Å². The first kappa shape index (κ1) is 34.1. The lowest BCUT2D eigenvalue weighted by atomic mass is 9.94. The maximum Gasteiger partial charge on any atom is 0.175 e. The Bertz CT molecular complexity index is 3070. The third-order valence-corrected chi connectivity index (χ3v) is 14.6. The van der Waals surface area contributed by atoms with Crippen LogP contribution in [0.15, 0.2) is 223 Å². The Morgan fingerprint density at radius 3 is 1.36 bits per heavy atom. The van der Waals surface area contributed by atoms with Crippen molar-refractivity contribution in [1.82, 2.24) is 0 Å². The van der Waals surface area contributed by atoms with Crippen LogP contribution >= 0.6 is 7.14 Å². The average Bonchev–Trinajstić information content (AvgIpc) is 3.69. The van der Waals surface area contributed by atoms with E-state index in [9.17, 15) is 0 Å². The Kier molecular flexibility index (Phi) is 8.10. The quantitative estimate of drug-likeness (QED) is 0.158. The average molecular weight is 762 g/mol. The second kappa shape index (κ2) is 13.8. The van der Waals surface area contributed by atoms with Crippen molar-refractivity contribution in [3.8, 4) is 44.5 Å². The second-order valence-corrected chi connectivity index (χ2v) is 17.5. The molecule has 0 spiro atoms. The van der Waals surface area contributed by atoms with Crippen LogP contribution in [-0.2, 0) is 4.57 Å². The van der Waals surface area contributed by atoms with Crippen LogP contribution < -0.4 is 20.8 Å². The van der Waals surface area contributed by atoms with E-state index in [1.54, 1.807) is 0 Å². The smallest absolute Gasteiger partial charge is 0.175 e. The van der Waals surface area contributed by atoms with Gasteiger partial charge in [0, 0.05) is 26.7 Å². The molecule has 0 N–H and O–H groups in total. The molecule has 274 valence electrons. The molecule has 9 aromatic carbocycles. The summed E-state index contributed by atoms with van der Waals surface area (Å²) in [6.07, 6.45) is 0. The number of para-hydroxylation sites is 2. The minimum atomic E-state index is -3.53.